The molecule has 21 heavy (non-hydrogen) atoms. The Hall–Kier alpha value is -2.57. The number of carbonyl (C=O) groups excluding carboxylic acids is 2. The molecule has 7 nitrogen and oxygen atoms in total. The van der Waals surface area contributed by atoms with Crippen molar-refractivity contribution in [3.05, 3.63) is 29.8 Å². The number of carbonyl (C=O) groups is 2. The molecule has 0 radical (unpaired) electrons. The largest absolute Gasteiger partial charge is 0.466 e. The van der Waals surface area contributed by atoms with E-state index < -0.39 is 0 Å². The van der Waals surface area contributed by atoms with Crippen LogP contribution in [0.1, 0.15) is 30.1 Å². The van der Waals surface area contributed by atoms with Gasteiger partial charge in [-0.1, -0.05) is 24.3 Å². The van der Waals surface area contributed by atoms with E-state index >= 15 is 0 Å². The summed E-state index contributed by atoms with van der Waals surface area (Å²) in [6.45, 7) is 2.69. The number of benzene rings is 1. The maximum absolute atomic E-state index is 11.3. The number of hydrogen-bond donors (Lipinski definition) is 0. The lowest BCUT2D eigenvalue weighted by molar-refractivity contribution is -0.143. The van der Waals surface area contributed by atoms with Crippen molar-refractivity contribution in [2.45, 2.75) is 26.3 Å². The van der Waals surface area contributed by atoms with E-state index in [9.17, 15) is 9.59 Å². The number of rotatable bonds is 7. The third-order valence-corrected chi connectivity index (χ3v) is 2.89. The molecule has 0 N–H and O–H groups in total. The molecule has 0 saturated carbocycles. The number of esters is 1. The molecule has 0 fully saturated rings. The van der Waals surface area contributed by atoms with Gasteiger partial charge in [0.2, 0.25) is 0 Å². The number of tetrazole rings is 1. The highest BCUT2D eigenvalue weighted by Crippen LogP contribution is 2.16. The molecule has 110 valence electrons. The van der Waals surface area contributed by atoms with Gasteiger partial charge in [-0.15, -0.1) is 5.10 Å². The quantitative estimate of drug-likeness (QED) is 0.566. The second kappa shape index (κ2) is 7.28. The average Bonchev–Trinajstić information content (AvgIpc) is 2.96. The Morgan fingerprint density at radius 1 is 1.33 bits per heavy atom. The molecule has 0 unspecified atom stereocenters. The van der Waals surface area contributed by atoms with Crippen molar-refractivity contribution in [2.75, 3.05) is 6.61 Å². The van der Waals surface area contributed by atoms with Crippen LogP contribution in [-0.4, -0.2) is 39.1 Å². The highest BCUT2D eigenvalue weighted by Gasteiger charge is 2.09. The molecule has 0 aliphatic rings. The standard InChI is InChI=1S/C14H16N4O3/c1-2-21-13(20)4-3-9-18-14(15-16-17-18)12-7-5-11(10-19)6-8-12/h5-8,10H,2-4,9H2,1H3. The van der Waals surface area contributed by atoms with Crippen molar-refractivity contribution >= 4 is 12.3 Å². The fourth-order valence-electron chi connectivity index (χ4n) is 1.88. The van der Waals surface area contributed by atoms with Gasteiger partial charge in [0.05, 0.1) is 6.61 Å². The first kappa shape index (κ1) is 14.8. The number of ether oxygens (including phenoxy) is 1. The Bertz CT molecular complexity index is 607. The highest BCUT2D eigenvalue weighted by molar-refractivity contribution is 5.76. The van der Waals surface area contributed by atoms with E-state index in [2.05, 4.69) is 15.5 Å². The van der Waals surface area contributed by atoms with Gasteiger partial charge in [-0.2, -0.15) is 0 Å². The second-order valence-electron chi connectivity index (χ2n) is 4.37. The predicted octanol–water partition coefficient (Wildman–Crippen LogP) is 1.50. The van der Waals surface area contributed by atoms with Crippen LogP contribution in [-0.2, 0) is 16.1 Å². The minimum Gasteiger partial charge on any atom is -0.466 e. The molecule has 0 bridgehead atoms. The molecule has 1 heterocycles. The lowest BCUT2D eigenvalue weighted by Gasteiger charge is -2.05. The van der Waals surface area contributed by atoms with E-state index in [1.165, 1.54) is 0 Å². The SMILES string of the molecule is CCOC(=O)CCCn1nnnc1-c1ccc(C=O)cc1. The maximum atomic E-state index is 11.3. The summed E-state index contributed by atoms with van der Waals surface area (Å²) in [6.07, 6.45) is 1.71. The first-order valence-corrected chi connectivity index (χ1v) is 6.72. The molecule has 0 aliphatic heterocycles. The normalized spacial score (nSPS) is 10.3. The number of aromatic nitrogens is 4. The fourth-order valence-corrected chi connectivity index (χ4v) is 1.88. The summed E-state index contributed by atoms with van der Waals surface area (Å²) in [4.78, 5) is 21.9. The molecule has 0 saturated heterocycles. The Kier molecular flexibility index (Phi) is 5.14. The minimum absolute atomic E-state index is 0.220. The number of aryl methyl sites for hydroxylation is 1. The van der Waals surface area contributed by atoms with Crippen molar-refractivity contribution in [1.29, 1.82) is 0 Å². The van der Waals surface area contributed by atoms with Crippen LogP contribution >= 0.6 is 0 Å². The summed E-state index contributed by atoms with van der Waals surface area (Å²) in [7, 11) is 0. The molecule has 0 spiro atoms. The van der Waals surface area contributed by atoms with Crippen molar-refractivity contribution in [1.82, 2.24) is 20.2 Å². The fraction of sp³-hybridized carbons (Fsp3) is 0.357. The first-order chi connectivity index (χ1) is 10.2. The minimum atomic E-state index is -0.220. The molecule has 2 aromatic rings. The van der Waals surface area contributed by atoms with Crippen LogP contribution in [0.2, 0.25) is 0 Å². The van der Waals surface area contributed by atoms with Crippen molar-refractivity contribution in [3.8, 4) is 11.4 Å². The Morgan fingerprint density at radius 3 is 2.76 bits per heavy atom. The predicted molar refractivity (Wildman–Crippen MR) is 74.5 cm³/mol. The summed E-state index contributed by atoms with van der Waals surface area (Å²) in [5, 5.41) is 11.5. The molecule has 0 atom stereocenters. The number of aldehydes is 1. The van der Waals surface area contributed by atoms with E-state index in [1.54, 1.807) is 35.9 Å². The van der Waals surface area contributed by atoms with Gasteiger partial charge in [0.15, 0.2) is 5.82 Å². The second-order valence-corrected chi connectivity index (χ2v) is 4.37. The van der Waals surface area contributed by atoms with Crippen LogP contribution in [0.3, 0.4) is 0 Å². The van der Waals surface area contributed by atoms with E-state index in [0.717, 1.165) is 11.8 Å². The van der Waals surface area contributed by atoms with Crippen LogP contribution in [0.5, 0.6) is 0 Å². The van der Waals surface area contributed by atoms with Gasteiger partial charge in [-0.25, -0.2) is 4.68 Å². The molecule has 7 heteroatoms. The van der Waals surface area contributed by atoms with Gasteiger partial charge >= 0.3 is 5.97 Å². The Balaban J connectivity index is 2.00. The zero-order valence-electron chi connectivity index (χ0n) is 11.7. The summed E-state index contributed by atoms with van der Waals surface area (Å²) in [5.74, 6) is 0.388. The van der Waals surface area contributed by atoms with Gasteiger partial charge in [0.1, 0.15) is 6.29 Å². The highest BCUT2D eigenvalue weighted by atomic mass is 16.5. The smallest absolute Gasteiger partial charge is 0.305 e. The van der Waals surface area contributed by atoms with E-state index in [-0.39, 0.29) is 5.97 Å². The van der Waals surface area contributed by atoms with Gasteiger partial charge in [0.25, 0.3) is 0 Å². The summed E-state index contributed by atoms with van der Waals surface area (Å²) < 4.78 is 6.50. The monoisotopic (exact) mass is 288 g/mol. The van der Waals surface area contributed by atoms with Crippen LogP contribution in [0.15, 0.2) is 24.3 Å². The zero-order chi connectivity index (χ0) is 15.1. The lowest BCUT2D eigenvalue weighted by Crippen LogP contribution is -2.08. The molecule has 1 aromatic heterocycles. The number of nitrogens with zero attached hydrogens (tertiary/aromatic N) is 4. The molecule has 0 aliphatic carbocycles. The first-order valence-electron chi connectivity index (χ1n) is 6.72. The maximum Gasteiger partial charge on any atom is 0.305 e. The van der Waals surface area contributed by atoms with Gasteiger partial charge in [0, 0.05) is 24.1 Å². The molecule has 0 amide bonds. The third-order valence-electron chi connectivity index (χ3n) is 2.89. The summed E-state index contributed by atoms with van der Waals surface area (Å²) in [6, 6.07) is 6.99. The molecule has 1 aromatic carbocycles. The summed E-state index contributed by atoms with van der Waals surface area (Å²) in [5.41, 5.74) is 1.42. The molecular weight excluding hydrogens is 272 g/mol. The summed E-state index contributed by atoms with van der Waals surface area (Å²) >= 11 is 0. The van der Waals surface area contributed by atoms with Crippen molar-refractivity contribution in [2.24, 2.45) is 0 Å². The topological polar surface area (TPSA) is 87.0 Å². The lowest BCUT2D eigenvalue weighted by atomic mass is 10.1. The van der Waals surface area contributed by atoms with Crippen molar-refractivity contribution in [3.63, 3.8) is 0 Å². The molecular formula is C14H16N4O3. The van der Waals surface area contributed by atoms with Crippen LogP contribution in [0.4, 0.5) is 0 Å². The van der Waals surface area contributed by atoms with Crippen molar-refractivity contribution < 1.29 is 14.3 Å². The van der Waals surface area contributed by atoms with Crippen LogP contribution in [0, 0.1) is 0 Å². The van der Waals surface area contributed by atoms with Crippen LogP contribution < -0.4 is 0 Å². The number of hydrogen-bond acceptors (Lipinski definition) is 6. The third kappa shape index (κ3) is 3.95. The average molecular weight is 288 g/mol. The van der Waals surface area contributed by atoms with E-state index in [4.69, 9.17) is 4.74 Å². The zero-order valence-corrected chi connectivity index (χ0v) is 11.7. The Labute approximate surface area is 121 Å². The van der Waals surface area contributed by atoms with Gasteiger partial charge in [-0.05, 0) is 23.8 Å². The van der Waals surface area contributed by atoms with Gasteiger partial charge < -0.3 is 4.74 Å². The van der Waals surface area contributed by atoms with Gasteiger partial charge in [-0.3, -0.25) is 9.59 Å². The Morgan fingerprint density at radius 2 is 2.10 bits per heavy atom. The molecule has 2 rings (SSSR count). The van der Waals surface area contributed by atoms with Crippen LogP contribution in [0.25, 0.3) is 11.4 Å². The van der Waals surface area contributed by atoms with E-state index in [0.29, 0.717) is 37.4 Å². The van der Waals surface area contributed by atoms with E-state index in [1.807, 2.05) is 0 Å².